The first-order chi connectivity index (χ1) is 9.38. The molecule has 0 spiro atoms. The van der Waals surface area contributed by atoms with Gasteiger partial charge in [0.1, 0.15) is 12.6 Å². The molecular formula is C12H21N3O4S. The first-order valence-electron chi connectivity index (χ1n) is 6.40. The Morgan fingerprint density at radius 1 is 1.60 bits per heavy atom. The molecule has 20 heavy (non-hydrogen) atoms. The zero-order valence-electron chi connectivity index (χ0n) is 12.0. The van der Waals surface area contributed by atoms with Crippen LogP contribution in [0.15, 0.2) is 0 Å². The Labute approximate surface area is 122 Å². The van der Waals surface area contributed by atoms with Gasteiger partial charge in [0.15, 0.2) is 0 Å². The largest absolute Gasteiger partial charge is 0.480 e. The molecule has 0 radical (unpaired) electrons. The minimum Gasteiger partial charge on any atom is -0.480 e. The van der Waals surface area contributed by atoms with Crippen molar-refractivity contribution in [3.05, 3.63) is 0 Å². The van der Waals surface area contributed by atoms with Crippen LogP contribution in [0.4, 0.5) is 4.79 Å². The molecule has 7 nitrogen and oxygen atoms in total. The number of piperazine rings is 1. The Kier molecular flexibility index (Phi) is 6.12. The predicted molar refractivity (Wildman–Crippen MR) is 76.8 cm³/mol. The standard InChI is InChI=1S/C12H21N3O4S/c1-8(4-5-20-3)14(2)12(19)15-7-10(16)13-6-9(15)11(17)18/h8-9H,4-7H2,1-3H3,(H,13,16)(H,17,18). The summed E-state index contributed by atoms with van der Waals surface area (Å²) in [5, 5.41) is 11.6. The van der Waals surface area contributed by atoms with Gasteiger partial charge >= 0.3 is 12.0 Å². The molecule has 2 N–H and O–H groups in total. The molecule has 0 aliphatic carbocycles. The number of aliphatic carboxylic acids is 1. The second kappa shape index (κ2) is 7.37. The van der Waals surface area contributed by atoms with Crippen LogP contribution in [-0.4, -0.2) is 77.0 Å². The van der Waals surface area contributed by atoms with E-state index in [1.54, 1.807) is 18.8 Å². The van der Waals surface area contributed by atoms with E-state index in [1.807, 2.05) is 13.2 Å². The summed E-state index contributed by atoms with van der Waals surface area (Å²) in [4.78, 5) is 37.6. The number of carbonyl (C=O) groups excluding carboxylic acids is 2. The Bertz CT molecular complexity index is 391. The van der Waals surface area contributed by atoms with Gasteiger partial charge in [-0.1, -0.05) is 0 Å². The molecule has 0 saturated carbocycles. The minimum atomic E-state index is -1.11. The summed E-state index contributed by atoms with van der Waals surface area (Å²) in [7, 11) is 1.64. The molecule has 3 amide bonds. The zero-order valence-corrected chi connectivity index (χ0v) is 12.8. The molecule has 114 valence electrons. The molecular weight excluding hydrogens is 282 g/mol. The van der Waals surface area contributed by atoms with E-state index in [1.165, 1.54) is 4.90 Å². The van der Waals surface area contributed by atoms with Crippen molar-refractivity contribution in [3.8, 4) is 0 Å². The molecule has 1 aliphatic rings. The molecule has 2 unspecified atom stereocenters. The number of carbonyl (C=O) groups is 3. The summed E-state index contributed by atoms with van der Waals surface area (Å²) < 4.78 is 0. The molecule has 0 aromatic carbocycles. The van der Waals surface area contributed by atoms with Gasteiger partial charge in [-0.25, -0.2) is 9.59 Å². The summed E-state index contributed by atoms with van der Waals surface area (Å²) in [5.41, 5.74) is 0. The van der Waals surface area contributed by atoms with Crippen molar-refractivity contribution in [2.24, 2.45) is 0 Å². The highest BCUT2D eigenvalue weighted by Crippen LogP contribution is 2.12. The topological polar surface area (TPSA) is 90.0 Å². The van der Waals surface area contributed by atoms with E-state index in [-0.39, 0.29) is 25.0 Å². The van der Waals surface area contributed by atoms with Crippen LogP contribution in [0.3, 0.4) is 0 Å². The molecule has 0 bridgehead atoms. The number of nitrogens with one attached hydrogen (secondary N) is 1. The lowest BCUT2D eigenvalue weighted by molar-refractivity contribution is -0.144. The molecule has 1 heterocycles. The van der Waals surface area contributed by atoms with Gasteiger partial charge < -0.3 is 15.3 Å². The number of rotatable bonds is 5. The van der Waals surface area contributed by atoms with E-state index in [0.717, 1.165) is 17.1 Å². The van der Waals surface area contributed by atoms with E-state index in [9.17, 15) is 14.4 Å². The van der Waals surface area contributed by atoms with Crippen LogP contribution in [0.1, 0.15) is 13.3 Å². The number of hydrogen-bond acceptors (Lipinski definition) is 4. The van der Waals surface area contributed by atoms with Crippen molar-refractivity contribution < 1.29 is 19.5 Å². The van der Waals surface area contributed by atoms with Gasteiger partial charge in [0.05, 0.1) is 0 Å². The number of urea groups is 1. The number of nitrogens with zero attached hydrogens (tertiary/aromatic N) is 2. The second-order valence-corrected chi connectivity index (χ2v) is 5.80. The fourth-order valence-electron chi connectivity index (χ4n) is 1.94. The van der Waals surface area contributed by atoms with Gasteiger partial charge in [-0.3, -0.25) is 9.69 Å². The molecule has 8 heteroatoms. The summed E-state index contributed by atoms with van der Waals surface area (Å²) in [5.74, 6) is -0.522. The van der Waals surface area contributed by atoms with Crippen molar-refractivity contribution in [3.63, 3.8) is 0 Å². The minimum absolute atomic E-state index is 0.00520. The summed E-state index contributed by atoms with van der Waals surface area (Å²) in [6.45, 7) is 1.65. The Balaban J connectivity index is 2.75. The van der Waals surface area contributed by atoms with E-state index >= 15 is 0 Å². The van der Waals surface area contributed by atoms with E-state index in [0.29, 0.717) is 0 Å². The summed E-state index contributed by atoms with van der Waals surface area (Å²) in [6, 6.07) is -1.43. The van der Waals surface area contributed by atoms with Crippen LogP contribution in [-0.2, 0) is 9.59 Å². The van der Waals surface area contributed by atoms with Gasteiger partial charge in [0, 0.05) is 19.6 Å². The molecule has 1 rings (SSSR count). The van der Waals surface area contributed by atoms with Crippen molar-refractivity contribution in [1.82, 2.24) is 15.1 Å². The third-order valence-electron chi connectivity index (χ3n) is 3.42. The lowest BCUT2D eigenvalue weighted by Gasteiger charge is -2.37. The highest BCUT2D eigenvalue weighted by Gasteiger charge is 2.37. The molecule has 0 aromatic rings. The number of hydrogen-bond donors (Lipinski definition) is 2. The van der Waals surface area contributed by atoms with Gasteiger partial charge in [0.2, 0.25) is 5.91 Å². The first kappa shape index (κ1) is 16.6. The van der Waals surface area contributed by atoms with Crippen molar-refractivity contribution >= 4 is 29.7 Å². The lowest BCUT2D eigenvalue weighted by Crippen LogP contribution is -2.62. The van der Waals surface area contributed by atoms with Crippen molar-refractivity contribution in [1.29, 1.82) is 0 Å². The fourth-order valence-corrected chi connectivity index (χ4v) is 2.51. The SMILES string of the molecule is CSCCC(C)N(C)C(=O)N1CC(=O)NCC1C(=O)O. The quantitative estimate of drug-likeness (QED) is 0.750. The van der Waals surface area contributed by atoms with Crippen LogP contribution in [0, 0.1) is 0 Å². The van der Waals surface area contributed by atoms with Crippen LogP contribution in [0.5, 0.6) is 0 Å². The van der Waals surface area contributed by atoms with E-state index in [2.05, 4.69) is 5.32 Å². The third kappa shape index (κ3) is 4.03. The molecule has 1 saturated heterocycles. The highest BCUT2D eigenvalue weighted by atomic mass is 32.2. The van der Waals surface area contributed by atoms with Gasteiger partial charge in [0.25, 0.3) is 0 Å². The maximum absolute atomic E-state index is 12.4. The average molecular weight is 303 g/mol. The second-order valence-electron chi connectivity index (χ2n) is 4.81. The maximum Gasteiger partial charge on any atom is 0.328 e. The number of thioether (sulfide) groups is 1. The first-order valence-corrected chi connectivity index (χ1v) is 7.79. The van der Waals surface area contributed by atoms with E-state index in [4.69, 9.17) is 5.11 Å². The van der Waals surface area contributed by atoms with Gasteiger partial charge in [-0.2, -0.15) is 11.8 Å². The number of carboxylic acid groups (broad SMARTS) is 1. The van der Waals surface area contributed by atoms with Gasteiger partial charge in [-0.05, 0) is 25.4 Å². The van der Waals surface area contributed by atoms with Crippen LogP contribution in [0.25, 0.3) is 0 Å². The van der Waals surface area contributed by atoms with Gasteiger partial charge in [-0.15, -0.1) is 0 Å². The van der Waals surface area contributed by atoms with Crippen LogP contribution < -0.4 is 5.32 Å². The summed E-state index contributed by atoms with van der Waals surface area (Å²) in [6.07, 6.45) is 2.81. The predicted octanol–water partition coefficient (Wildman–Crippen LogP) is 0.0648. The molecule has 0 aromatic heterocycles. The Morgan fingerprint density at radius 2 is 2.25 bits per heavy atom. The highest BCUT2D eigenvalue weighted by molar-refractivity contribution is 7.98. The smallest absolute Gasteiger partial charge is 0.328 e. The average Bonchev–Trinajstić information content (AvgIpc) is 2.42. The Hall–Kier alpha value is -1.44. The number of amides is 3. The summed E-state index contributed by atoms with van der Waals surface area (Å²) >= 11 is 1.69. The van der Waals surface area contributed by atoms with Crippen LogP contribution >= 0.6 is 11.8 Å². The number of carboxylic acids is 1. The van der Waals surface area contributed by atoms with E-state index < -0.39 is 18.0 Å². The molecule has 1 fully saturated rings. The maximum atomic E-state index is 12.4. The van der Waals surface area contributed by atoms with Crippen molar-refractivity contribution in [2.75, 3.05) is 32.1 Å². The third-order valence-corrected chi connectivity index (χ3v) is 4.06. The van der Waals surface area contributed by atoms with Crippen molar-refractivity contribution in [2.45, 2.75) is 25.4 Å². The fraction of sp³-hybridized carbons (Fsp3) is 0.750. The molecule has 1 aliphatic heterocycles. The van der Waals surface area contributed by atoms with Crippen LogP contribution in [0.2, 0.25) is 0 Å². The normalized spacial score (nSPS) is 20.2. The lowest BCUT2D eigenvalue weighted by atomic mass is 10.2. The Morgan fingerprint density at radius 3 is 2.80 bits per heavy atom. The monoisotopic (exact) mass is 303 g/mol. The molecule has 2 atom stereocenters. The zero-order chi connectivity index (χ0) is 15.3.